The summed E-state index contributed by atoms with van der Waals surface area (Å²) in [6.07, 6.45) is 11.4. The van der Waals surface area contributed by atoms with Gasteiger partial charge in [0.1, 0.15) is 0 Å². The third-order valence-corrected chi connectivity index (χ3v) is 8.38. The molecule has 0 aliphatic carbocycles. The molecule has 2 aromatic carbocycles. The first-order chi connectivity index (χ1) is 13.8. The lowest BCUT2D eigenvalue weighted by atomic mass is 10.1. The Labute approximate surface area is 172 Å². The van der Waals surface area contributed by atoms with Crippen LogP contribution >= 0.6 is 0 Å². The Morgan fingerprint density at radius 1 is 0.714 bits per heavy atom. The van der Waals surface area contributed by atoms with E-state index in [0.29, 0.717) is 6.61 Å². The molecule has 2 rings (SSSR count). The Morgan fingerprint density at radius 2 is 1.21 bits per heavy atom. The summed E-state index contributed by atoms with van der Waals surface area (Å²) in [7, 11) is -2.71. The molecule has 28 heavy (non-hydrogen) atoms. The van der Waals surface area contributed by atoms with Crippen molar-refractivity contribution in [3.8, 4) is 0 Å². The van der Waals surface area contributed by atoms with Crippen LogP contribution in [0.1, 0.15) is 58.3 Å². The topological polar surface area (TPSA) is 18.5 Å². The van der Waals surface area contributed by atoms with Gasteiger partial charge in [0.2, 0.25) is 0 Å². The minimum atomic E-state index is -2.71. The van der Waals surface area contributed by atoms with Crippen molar-refractivity contribution in [2.75, 3.05) is 13.2 Å². The summed E-state index contributed by atoms with van der Waals surface area (Å²) >= 11 is 0. The SMILES string of the molecule is C=CCCCO[Si](OCCCCCCCC)(c1ccccc1)c1ccccc1. The molecule has 0 atom stereocenters. The highest BCUT2D eigenvalue weighted by Crippen LogP contribution is 2.13. The van der Waals surface area contributed by atoms with Gasteiger partial charge in [-0.2, -0.15) is 0 Å². The molecule has 0 fully saturated rings. The van der Waals surface area contributed by atoms with Gasteiger partial charge in [-0.1, -0.05) is 106 Å². The van der Waals surface area contributed by atoms with Gasteiger partial charge in [-0.3, -0.25) is 0 Å². The molecule has 2 nitrogen and oxygen atoms in total. The fraction of sp³-hybridized carbons (Fsp3) is 0.440. The number of hydrogen-bond donors (Lipinski definition) is 0. The van der Waals surface area contributed by atoms with E-state index < -0.39 is 8.56 Å². The molecule has 0 heterocycles. The summed E-state index contributed by atoms with van der Waals surface area (Å²) in [6, 6.07) is 21.1. The molecular weight excluding hydrogens is 360 g/mol. The minimum absolute atomic E-state index is 0.693. The Hall–Kier alpha value is -1.68. The van der Waals surface area contributed by atoms with Gasteiger partial charge in [-0.25, -0.2) is 0 Å². The van der Waals surface area contributed by atoms with Crippen molar-refractivity contribution in [2.45, 2.75) is 58.3 Å². The largest absolute Gasteiger partial charge is 0.407 e. The molecule has 0 radical (unpaired) electrons. The average molecular weight is 397 g/mol. The van der Waals surface area contributed by atoms with E-state index in [1.165, 1.54) is 42.5 Å². The van der Waals surface area contributed by atoms with Crippen LogP contribution in [0.2, 0.25) is 0 Å². The molecule has 0 saturated heterocycles. The van der Waals surface area contributed by atoms with Crippen LogP contribution in [-0.2, 0) is 8.85 Å². The van der Waals surface area contributed by atoms with Crippen molar-refractivity contribution in [3.05, 3.63) is 73.3 Å². The smallest absolute Gasteiger partial charge is 0.388 e. The maximum Gasteiger partial charge on any atom is 0.407 e. The Bertz CT molecular complexity index is 603. The molecule has 3 heteroatoms. The van der Waals surface area contributed by atoms with Gasteiger partial charge < -0.3 is 8.85 Å². The third kappa shape index (κ3) is 7.05. The molecule has 0 amide bonds. The zero-order chi connectivity index (χ0) is 19.9. The second-order valence-electron chi connectivity index (χ2n) is 7.24. The van der Waals surface area contributed by atoms with Crippen molar-refractivity contribution in [1.82, 2.24) is 0 Å². The van der Waals surface area contributed by atoms with Gasteiger partial charge in [0.15, 0.2) is 0 Å². The molecular formula is C25H36O2Si. The van der Waals surface area contributed by atoms with E-state index in [9.17, 15) is 0 Å². The van der Waals surface area contributed by atoms with Crippen LogP contribution in [0.15, 0.2) is 73.3 Å². The van der Waals surface area contributed by atoms with Gasteiger partial charge >= 0.3 is 8.56 Å². The van der Waals surface area contributed by atoms with Crippen LogP contribution in [0, 0.1) is 0 Å². The normalized spacial score (nSPS) is 11.5. The molecule has 0 aromatic heterocycles. The van der Waals surface area contributed by atoms with Crippen LogP contribution in [-0.4, -0.2) is 21.8 Å². The van der Waals surface area contributed by atoms with Crippen LogP contribution in [0.3, 0.4) is 0 Å². The van der Waals surface area contributed by atoms with E-state index in [1.54, 1.807) is 0 Å². The van der Waals surface area contributed by atoms with E-state index in [1.807, 2.05) is 6.08 Å². The summed E-state index contributed by atoms with van der Waals surface area (Å²) in [5.74, 6) is 0. The van der Waals surface area contributed by atoms with Crippen LogP contribution in [0.4, 0.5) is 0 Å². The van der Waals surface area contributed by atoms with Crippen molar-refractivity contribution in [2.24, 2.45) is 0 Å². The summed E-state index contributed by atoms with van der Waals surface area (Å²) in [4.78, 5) is 0. The molecule has 0 unspecified atom stereocenters. The highest BCUT2D eigenvalue weighted by molar-refractivity contribution is 6.92. The number of unbranched alkanes of at least 4 members (excludes halogenated alkanes) is 6. The first-order valence-electron chi connectivity index (χ1n) is 10.8. The summed E-state index contributed by atoms with van der Waals surface area (Å²) in [6.45, 7) is 7.53. The highest BCUT2D eigenvalue weighted by atomic mass is 28.4. The van der Waals surface area contributed by atoms with E-state index in [-0.39, 0.29) is 0 Å². The van der Waals surface area contributed by atoms with Gasteiger partial charge in [0, 0.05) is 13.2 Å². The monoisotopic (exact) mass is 396 g/mol. The molecule has 0 bridgehead atoms. The molecule has 0 spiro atoms. The lowest BCUT2D eigenvalue weighted by Gasteiger charge is -2.31. The van der Waals surface area contributed by atoms with Gasteiger partial charge in [-0.15, -0.1) is 6.58 Å². The lowest BCUT2D eigenvalue weighted by Crippen LogP contribution is -2.63. The first kappa shape index (κ1) is 22.6. The number of hydrogen-bond acceptors (Lipinski definition) is 2. The maximum absolute atomic E-state index is 6.68. The molecule has 152 valence electrons. The first-order valence-corrected chi connectivity index (χ1v) is 12.6. The zero-order valence-corrected chi connectivity index (χ0v) is 18.4. The fourth-order valence-corrected chi connectivity index (χ4v) is 6.61. The van der Waals surface area contributed by atoms with Gasteiger partial charge in [0.25, 0.3) is 0 Å². The minimum Gasteiger partial charge on any atom is -0.388 e. The Kier molecular flexibility index (Phi) is 10.9. The van der Waals surface area contributed by atoms with Crippen LogP contribution in [0.5, 0.6) is 0 Å². The van der Waals surface area contributed by atoms with Crippen molar-refractivity contribution in [3.63, 3.8) is 0 Å². The second-order valence-corrected chi connectivity index (χ2v) is 10.2. The predicted molar refractivity (Wildman–Crippen MR) is 123 cm³/mol. The number of rotatable bonds is 15. The molecule has 2 aromatic rings. The van der Waals surface area contributed by atoms with Gasteiger partial charge in [-0.05, 0) is 29.6 Å². The predicted octanol–water partition coefficient (Wildman–Crippen LogP) is 5.60. The Balaban J connectivity index is 2.15. The summed E-state index contributed by atoms with van der Waals surface area (Å²) in [5, 5.41) is 2.37. The second kappa shape index (κ2) is 13.5. The van der Waals surface area contributed by atoms with Crippen molar-refractivity contribution in [1.29, 1.82) is 0 Å². The van der Waals surface area contributed by atoms with Crippen molar-refractivity contribution < 1.29 is 8.85 Å². The van der Waals surface area contributed by atoms with E-state index in [2.05, 4.69) is 74.2 Å². The van der Waals surface area contributed by atoms with Crippen LogP contribution < -0.4 is 10.4 Å². The molecule has 0 aliphatic rings. The van der Waals surface area contributed by atoms with E-state index in [4.69, 9.17) is 8.85 Å². The number of benzene rings is 2. The summed E-state index contributed by atoms with van der Waals surface area (Å²) in [5.41, 5.74) is 0. The molecule has 0 N–H and O–H groups in total. The third-order valence-electron chi connectivity index (χ3n) is 4.97. The lowest BCUT2D eigenvalue weighted by molar-refractivity contribution is 0.186. The highest BCUT2D eigenvalue weighted by Gasteiger charge is 2.42. The molecule has 0 saturated carbocycles. The van der Waals surface area contributed by atoms with E-state index in [0.717, 1.165) is 25.9 Å². The zero-order valence-electron chi connectivity index (χ0n) is 17.4. The summed E-state index contributed by atoms with van der Waals surface area (Å²) < 4.78 is 13.3. The van der Waals surface area contributed by atoms with E-state index >= 15 is 0 Å². The number of allylic oxidation sites excluding steroid dienone is 1. The maximum atomic E-state index is 6.68. The van der Waals surface area contributed by atoms with Crippen LogP contribution in [0.25, 0.3) is 0 Å². The Morgan fingerprint density at radius 3 is 1.75 bits per heavy atom. The fourth-order valence-electron chi connectivity index (χ4n) is 3.40. The molecule has 0 aliphatic heterocycles. The standard InChI is InChI=1S/C25H36O2Si/c1-3-5-7-8-9-17-23-27-28(26-22-16-6-4-2,24-18-12-10-13-19-24)25-20-14-11-15-21-25/h4,10-15,18-21H,2-3,5-9,16-17,22-23H2,1H3. The van der Waals surface area contributed by atoms with Crippen molar-refractivity contribution >= 4 is 18.9 Å². The quantitative estimate of drug-likeness (QED) is 0.221. The average Bonchev–Trinajstić information content (AvgIpc) is 2.76. The van der Waals surface area contributed by atoms with Gasteiger partial charge in [0.05, 0.1) is 0 Å².